The minimum atomic E-state index is -0.743. The highest BCUT2D eigenvalue weighted by Gasteiger charge is 2.10. The van der Waals surface area contributed by atoms with E-state index in [1.54, 1.807) is 0 Å². The molecule has 0 aliphatic carbocycles. The molecule has 0 bridgehead atoms. The summed E-state index contributed by atoms with van der Waals surface area (Å²) in [6.07, 6.45) is 3.01. The second-order valence-corrected chi connectivity index (χ2v) is 3.56. The predicted octanol–water partition coefficient (Wildman–Crippen LogP) is 1.77. The maximum atomic E-state index is 13.1. The number of hydrogen-bond donors (Lipinski definition) is 1. The number of nitrogens with one attached hydrogen (secondary N) is 1. The quantitative estimate of drug-likeness (QED) is 0.583. The number of carbonyl (C=O) groups is 1. The summed E-state index contributed by atoms with van der Waals surface area (Å²) >= 11 is 0. The maximum absolute atomic E-state index is 13.1. The highest BCUT2D eigenvalue weighted by atomic mass is 19.1. The molecule has 5 heteroatoms. The van der Waals surface area contributed by atoms with E-state index in [0.29, 0.717) is 19.6 Å². The van der Waals surface area contributed by atoms with E-state index in [4.69, 9.17) is 4.74 Å². The highest BCUT2D eigenvalue weighted by molar-refractivity contribution is 5.94. The molecule has 1 amide bonds. The van der Waals surface area contributed by atoms with Crippen LogP contribution >= 0.6 is 0 Å². The SMILES string of the molecule is CCCOCCCNC(=O)c1cccnc1F. The summed E-state index contributed by atoms with van der Waals surface area (Å²) < 4.78 is 18.4. The fourth-order valence-corrected chi connectivity index (χ4v) is 1.27. The van der Waals surface area contributed by atoms with Crippen molar-refractivity contribution in [3.63, 3.8) is 0 Å². The van der Waals surface area contributed by atoms with Crippen LogP contribution in [0, 0.1) is 5.95 Å². The van der Waals surface area contributed by atoms with E-state index in [0.717, 1.165) is 13.0 Å². The molecule has 17 heavy (non-hydrogen) atoms. The van der Waals surface area contributed by atoms with Gasteiger partial charge < -0.3 is 10.1 Å². The lowest BCUT2D eigenvalue weighted by atomic mass is 10.2. The molecule has 0 aromatic carbocycles. The molecule has 0 atom stereocenters. The van der Waals surface area contributed by atoms with Crippen molar-refractivity contribution in [1.29, 1.82) is 0 Å². The van der Waals surface area contributed by atoms with Gasteiger partial charge in [0.15, 0.2) is 0 Å². The Kier molecular flexibility index (Phi) is 6.17. The molecule has 1 aromatic rings. The Morgan fingerprint density at radius 1 is 1.53 bits per heavy atom. The molecule has 4 nitrogen and oxygen atoms in total. The third kappa shape index (κ3) is 4.91. The third-order valence-corrected chi connectivity index (χ3v) is 2.10. The molecule has 0 fully saturated rings. The number of nitrogens with zero attached hydrogens (tertiary/aromatic N) is 1. The number of rotatable bonds is 7. The zero-order valence-corrected chi connectivity index (χ0v) is 9.91. The topological polar surface area (TPSA) is 51.2 Å². The molecule has 0 radical (unpaired) electrons. The Balaban J connectivity index is 2.24. The van der Waals surface area contributed by atoms with Crippen molar-refractivity contribution < 1.29 is 13.9 Å². The molecule has 0 spiro atoms. The summed E-state index contributed by atoms with van der Waals surface area (Å²) in [7, 11) is 0. The van der Waals surface area contributed by atoms with Gasteiger partial charge in [-0.05, 0) is 25.0 Å². The van der Waals surface area contributed by atoms with Crippen LogP contribution in [0.25, 0.3) is 0 Å². The normalized spacial score (nSPS) is 10.2. The standard InChI is InChI=1S/C12H17FN2O2/c1-2-8-17-9-4-7-15-12(16)10-5-3-6-14-11(10)13/h3,5-6H,2,4,7-9H2,1H3,(H,15,16). The van der Waals surface area contributed by atoms with Crippen molar-refractivity contribution in [3.8, 4) is 0 Å². The Bertz CT molecular complexity index is 358. The summed E-state index contributed by atoms with van der Waals surface area (Å²) in [6, 6.07) is 2.94. The molecule has 1 heterocycles. The monoisotopic (exact) mass is 240 g/mol. The smallest absolute Gasteiger partial charge is 0.255 e. The Morgan fingerprint density at radius 3 is 3.06 bits per heavy atom. The predicted molar refractivity (Wildman–Crippen MR) is 62.3 cm³/mol. The summed E-state index contributed by atoms with van der Waals surface area (Å²) in [5.74, 6) is -1.18. The molecule has 0 saturated carbocycles. The molecule has 1 aromatic heterocycles. The fourth-order valence-electron chi connectivity index (χ4n) is 1.27. The van der Waals surface area contributed by atoms with Gasteiger partial charge in [0.2, 0.25) is 5.95 Å². The second kappa shape index (κ2) is 7.73. The van der Waals surface area contributed by atoms with E-state index >= 15 is 0 Å². The van der Waals surface area contributed by atoms with Gasteiger partial charge in [-0.3, -0.25) is 4.79 Å². The lowest BCUT2D eigenvalue weighted by Crippen LogP contribution is -2.26. The van der Waals surface area contributed by atoms with Gasteiger partial charge in [0.1, 0.15) is 0 Å². The molecule has 1 rings (SSSR count). The lowest BCUT2D eigenvalue weighted by molar-refractivity contribution is 0.0936. The van der Waals surface area contributed by atoms with Crippen molar-refractivity contribution in [2.24, 2.45) is 0 Å². The fraction of sp³-hybridized carbons (Fsp3) is 0.500. The van der Waals surface area contributed by atoms with Crippen LogP contribution < -0.4 is 5.32 Å². The van der Waals surface area contributed by atoms with Crippen LogP contribution in [0.4, 0.5) is 4.39 Å². The van der Waals surface area contributed by atoms with Crippen molar-refractivity contribution in [1.82, 2.24) is 10.3 Å². The summed E-state index contributed by atoms with van der Waals surface area (Å²) in [4.78, 5) is 14.9. The average molecular weight is 240 g/mol. The first kappa shape index (κ1) is 13.6. The third-order valence-electron chi connectivity index (χ3n) is 2.10. The maximum Gasteiger partial charge on any atom is 0.255 e. The number of hydrogen-bond acceptors (Lipinski definition) is 3. The number of amides is 1. The number of pyridine rings is 1. The van der Waals surface area contributed by atoms with E-state index in [1.807, 2.05) is 6.92 Å². The van der Waals surface area contributed by atoms with Crippen LogP contribution in [0.2, 0.25) is 0 Å². The molecular weight excluding hydrogens is 223 g/mol. The molecule has 0 aliphatic rings. The molecule has 0 aliphatic heterocycles. The number of halogens is 1. The van der Waals surface area contributed by atoms with Gasteiger partial charge in [-0.2, -0.15) is 4.39 Å². The minimum absolute atomic E-state index is 0.0259. The molecule has 0 saturated heterocycles. The first-order valence-electron chi connectivity index (χ1n) is 5.72. The van der Waals surface area contributed by atoms with Crippen molar-refractivity contribution in [2.45, 2.75) is 19.8 Å². The Hall–Kier alpha value is -1.49. The zero-order valence-electron chi connectivity index (χ0n) is 9.91. The molecule has 1 N–H and O–H groups in total. The van der Waals surface area contributed by atoms with E-state index in [1.165, 1.54) is 18.3 Å². The van der Waals surface area contributed by atoms with Gasteiger partial charge in [0, 0.05) is 26.0 Å². The zero-order chi connectivity index (χ0) is 12.5. The summed E-state index contributed by atoms with van der Waals surface area (Å²) in [6.45, 7) is 3.83. The largest absolute Gasteiger partial charge is 0.381 e. The number of carbonyl (C=O) groups excluding carboxylic acids is 1. The molecule has 0 unspecified atom stereocenters. The van der Waals surface area contributed by atoms with Gasteiger partial charge in [-0.1, -0.05) is 6.92 Å². The van der Waals surface area contributed by atoms with Crippen LogP contribution in [0.3, 0.4) is 0 Å². The van der Waals surface area contributed by atoms with Gasteiger partial charge >= 0.3 is 0 Å². The first-order valence-corrected chi connectivity index (χ1v) is 5.72. The van der Waals surface area contributed by atoms with Gasteiger partial charge in [-0.25, -0.2) is 4.98 Å². The van der Waals surface area contributed by atoms with E-state index in [2.05, 4.69) is 10.3 Å². The Morgan fingerprint density at radius 2 is 2.35 bits per heavy atom. The highest BCUT2D eigenvalue weighted by Crippen LogP contribution is 2.02. The Labute approximate surface area is 100 Å². The summed E-state index contributed by atoms with van der Waals surface area (Å²) in [5.41, 5.74) is -0.0259. The van der Waals surface area contributed by atoms with Crippen molar-refractivity contribution in [3.05, 3.63) is 29.8 Å². The van der Waals surface area contributed by atoms with Gasteiger partial charge in [0.05, 0.1) is 5.56 Å². The summed E-state index contributed by atoms with van der Waals surface area (Å²) in [5, 5.41) is 2.62. The number of ether oxygens (including phenoxy) is 1. The molecule has 94 valence electrons. The van der Waals surface area contributed by atoms with Crippen LogP contribution in [0.5, 0.6) is 0 Å². The second-order valence-electron chi connectivity index (χ2n) is 3.56. The van der Waals surface area contributed by atoms with Crippen LogP contribution in [-0.4, -0.2) is 30.6 Å². The van der Waals surface area contributed by atoms with Crippen LogP contribution in [0.1, 0.15) is 30.1 Å². The van der Waals surface area contributed by atoms with E-state index in [-0.39, 0.29) is 5.56 Å². The van der Waals surface area contributed by atoms with Crippen LogP contribution in [-0.2, 0) is 4.74 Å². The first-order chi connectivity index (χ1) is 8.25. The average Bonchev–Trinajstić information content (AvgIpc) is 2.34. The number of aromatic nitrogens is 1. The van der Waals surface area contributed by atoms with Crippen molar-refractivity contribution in [2.75, 3.05) is 19.8 Å². The van der Waals surface area contributed by atoms with Gasteiger partial charge in [0.25, 0.3) is 5.91 Å². The lowest BCUT2D eigenvalue weighted by Gasteiger charge is -2.05. The van der Waals surface area contributed by atoms with Crippen LogP contribution in [0.15, 0.2) is 18.3 Å². The minimum Gasteiger partial charge on any atom is -0.381 e. The van der Waals surface area contributed by atoms with Gasteiger partial charge in [-0.15, -0.1) is 0 Å². The molecular formula is C12H17FN2O2. The van der Waals surface area contributed by atoms with E-state index in [9.17, 15) is 9.18 Å². The van der Waals surface area contributed by atoms with Crippen molar-refractivity contribution >= 4 is 5.91 Å². The van der Waals surface area contributed by atoms with E-state index < -0.39 is 11.9 Å².